The lowest BCUT2D eigenvalue weighted by atomic mass is 10.4. The normalized spacial score (nSPS) is 14.1. The van der Waals surface area contributed by atoms with Crippen molar-refractivity contribution in [2.45, 2.75) is 6.04 Å². The Hall–Kier alpha value is 0.230. The summed E-state index contributed by atoms with van der Waals surface area (Å²) in [5.41, 5.74) is 10.5. The maximum Gasteiger partial charge on any atom is 0.0267 e. The molecule has 0 aromatic heterocycles. The summed E-state index contributed by atoms with van der Waals surface area (Å²) < 4.78 is 0. The number of nitrogens with two attached hydrogens (primary N) is 3. The van der Waals surface area contributed by atoms with Crippen molar-refractivity contribution in [3.63, 3.8) is 0 Å². The number of rotatable bonds is 3. The highest BCUT2D eigenvalue weighted by Gasteiger charge is 1.94. The van der Waals surface area contributed by atoms with E-state index in [1.165, 1.54) is 11.9 Å². The fraction of sp³-hybridized carbons (Fsp3) is 1.00. The third-order valence-electron chi connectivity index (χ3n) is 0.613. The topological polar surface area (TPSA) is 78.1 Å². The molecule has 0 aromatic rings. The second-order valence-corrected chi connectivity index (χ2v) is 2.00. The Kier molecular flexibility index (Phi) is 4.53. The molecule has 4 heteroatoms. The van der Waals surface area contributed by atoms with E-state index in [4.69, 9.17) is 16.6 Å². The molecule has 0 aromatic carbocycles. The van der Waals surface area contributed by atoms with Crippen molar-refractivity contribution in [2.24, 2.45) is 16.6 Å². The molecule has 44 valence electrons. The van der Waals surface area contributed by atoms with Gasteiger partial charge in [-0.15, -0.1) is 0 Å². The first-order chi connectivity index (χ1) is 3.31. The summed E-state index contributed by atoms with van der Waals surface area (Å²) in [6, 6.07) is 0.0648. The number of hydrogen-bond donors (Lipinski definition) is 3. The van der Waals surface area contributed by atoms with Crippen molar-refractivity contribution in [3.05, 3.63) is 0 Å². The molecule has 0 aliphatic carbocycles. The zero-order valence-corrected chi connectivity index (χ0v) is 4.95. The van der Waals surface area contributed by atoms with Crippen molar-refractivity contribution in [1.29, 1.82) is 0 Å². The Morgan fingerprint density at radius 2 is 2.14 bits per heavy atom. The predicted molar refractivity (Wildman–Crippen MR) is 33.7 cm³/mol. The molecule has 0 saturated carbocycles. The third kappa shape index (κ3) is 4.08. The van der Waals surface area contributed by atoms with Gasteiger partial charge in [0, 0.05) is 18.3 Å². The van der Waals surface area contributed by atoms with Crippen LogP contribution in [0.15, 0.2) is 0 Å². The molecule has 0 rings (SSSR count). The average Bonchev–Trinajstić information content (AvgIpc) is 1.68. The summed E-state index contributed by atoms with van der Waals surface area (Å²) in [6.45, 7) is 0.518. The van der Waals surface area contributed by atoms with E-state index in [1.807, 2.05) is 0 Å². The molecule has 0 bridgehead atoms. The average molecular weight is 121 g/mol. The van der Waals surface area contributed by atoms with Crippen LogP contribution in [0.2, 0.25) is 0 Å². The van der Waals surface area contributed by atoms with E-state index >= 15 is 0 Å². The van der Waals surface area contributed by atoms with E-state index in [2.05, 4.69) is 0 Å². The summed E-state index contributed by atoms with van der Waals surface area (Å²) in [6.07, 6.45) is 0. The molecule has 0 saturated heterocycles. The lowest BCUT2D eigenvalue weighted by Crippen LogP contribution is -2.32. The molecule has 1 atom stereocenters. The van der Waals surface area contributed by atoms with Crippen molar-refractivity contribution >= 4 is 11.9 Å². The van der Waals surface area contributed by atoms with E-state index in [0.29, 0.717) is 6.54 Å². The third-order valence-corrected chi connectivity index (χ3v) is 1.23. The zero-order chi connectivity index (χ0) is 5.70. The molecule has 7 heavy (non-hydrogen) atoms. The first-order valence-corrected chi connectivity index (χ1v) is 3.13. The first kappa shape index (κ1) is 7.23. The Bertz CT molecular complexity index is 41.2. The maximum atomic E-state index is 5.36. The van der Waals surface area contributed by atoms with Gasteiger partial charge in [-0.1, -0.05) is 11.9 Å². The van der Waals surface area contributed by atoms with Gasteiger partial charge in [0.1, 0.15) is 0 Å². The van der Waals surface area contributed by atoms with Crippen LogP contribution in [0.4, 0.5) is 0 Å². The SMILES string of the molecule is NCC(N)CSN. The van der Waals surface area contributed by atoms with Gasteiger partial charge in [-0.25, -0.2) is 0 Å². The molecule has 0 heterocycles. The first-order valence-electron chi connectivity index (χ1n) is 2.08. The van der Waals surface area contributed by atoms with Crippen molar-refractivity contribution < 1.29 is 0 Å². The summed E-state index contributed by atoms with van der Waals surface area (Å²) >= 11 is 1.23. The van der Waals surface area contributed by atoms with Gasteiger partial charge >= 0.3 is 0 Å². The second-order valence-electron chi connectivity index (χ2n) is 1.33. The maximum absolute atomic E-state index is 5.36. The highest BCUT2D eigenvalue weighted by Crippen LogP contribution is 1.86. The van der Waals surface area contributed by atoms with E-state index in [0.717, 1.165) is 5.75 Å². The van der Waals surface area contributed by atoms with Crippen molar-refractivity contribution in [1.82, 2.24) is 0 Å². The minimum Gasteiger partial charge on any atom is -0.329 e. The summed E-state index contributed by atoms with van der Waals surface area (Å²) in [7, 11) is 0. The van der Waals surface area contributed by atoms with Crippen LogP contribution in [0.25, 0.3) is 0 Å². The van der Waals surface area contributed by atoms with Gasteiger partial charge in [0.05, 0.1) is 0 Å². The molecule has 0 amide bonds. The van der Waals surface area contributed by atoms with Gasteiger partial charge in [-0.2, -0.15) is 0 Å². The predicted octanol–water partition coefficient (Wildman–Crippen LogP) is -1.12. The highest BCUT2D eigenvalue weighted by atomic mass is 32.2. The molecular formula is C3H11N3S. The standard InChI is InChI=1S/C3H11N3S/c4-1-3(5)2-7-6/h3H,1-2,4-6H2. The van der Waals surface area contributed by atoms with Gasteiger partial charge < -0.3 is 11.5 Å². The van der Waals surface area contributed by atoms with Crippen LogP contribution in [0.3, 0.4) is 0 Å². The van der Waals surface area contributed by atoms with Crippen LogP contribution in [-0.2, 0) is 0 Å². The second kappa shape index (κ2) is 4.39. The minimum atomic E-state index is 0.0648. The van der Waals surface area contributed by atoms with Gasteiger partial charge in [0.2, 0.25) is 0 Å². The molecule has 0 fully saturated rings. The largest absolute Gasteiger partial charge is 0.329 e. The molecular weight excluding hydrogens is 110 g/mol. The van der Waals surface area contributed by atoms with Gasteiger partial charge in [-0.3, -0.25) is 5.14 Å². The summed E-state index contributed by atoms with van der Waals surface area (Å²) in [5.74, 6) is 0.747. The molecule has 0 radical (unpaired) electrons. The smallest absolute Gasteiger partial charge is 0.0267 e. The van der Waals surface area contributed by atoms with E-state index < -0.39 is 0 Å². The molecule has 1 unspecified atom stereocenters. The van der Waals surface area contributed by atoms with Crippen LogP contribution in [0.1, 0.15) is 0 Å². The Balaban J connectivity index is 2.83. The Labute approximate surface area is 47.7 Å². The number of hydrogen-bond acceptors (Lipinski definition) is 4. The Morgan fingerprint density at radius 1 is 1.57 bits per heavy atom. The fourth-order valence-electron chi connectivity index (χ4n) is 0.192. The minimum absolute atomic E-state index is 0.0648. The lowest BCUT2D eigenvalue weighted by molar-refractivity contribution is 0.763. The molecule has 6 N–H and O–H groups in total. The molecule has 0 spiro atoms. The lowest BCUT2D eigenvalue weighted by Gasteiger charge is -2.02. The van der Waals surface area contributed by atoms with Crippen LogP contribution >= 0.6 is 11.9 Å². The molecule has 0 aliphatic heterocycles. The summed E-state index contributed by atoms with van der Waals surface area (Å²) in [4.78, 5) is 0. The zero-order valence-electron chi connectivity index (χ0n) is 4.13. The van der Waals surface area contributed by atoms with Crippen LogP contribution in [0.5, 0.6) is 0 Å². The Morgan fingerprint density at radius 3 is 2.29 bits per heavy atom. The molecule has 0 aliphatic rings. The van der Waals surface area contributed by atoms with Gasteiger partial charge in [-0.05, 0) is 0 Å². The van der Waals surface area contributed by atoms with Gasteiger partial charge in [0.25, 0.3) is 0 Å². The molecule has 3 nitrogen and oxygen atoms in total. The van der Waals surface area contributed by atoms with Crippen LogP contribution < -0.4 is 16.6 Å². The van der Waals surface area contributed by atoms with Crippen LogP contribution in [0, 0.1) is 0 Å². The van der Waals surface area contributed by atoms with E-state index in [1.54, 1.807) is 0 Å². The monoisotopic (exact) mass is 121 g/mol. The summed E-state index contributed by atoms with van der Waals surface area (Å²) in [5, 5.41) is 5.09. The van der Waals surface area contributed by atoms with Crippen molar-refractivity contribution in [3.8, 4) is 0 Å². The van der Waals surface area contributed by atoms with E-state index in [9.17, 15) is 0 Å². The highest BCUT2D eigenvalue weighted by molar-refractivity contribution is 7.97. The fourth-order valence-corrected chi connectivity index (χ4v) is 0.575. The van der Waals surface area contributed by atoms with Crippen LogP contribution in [-0.4, -0.2) is 18.3 Å². The van der Waals surface area contributed by atoms with Gasteiger partial charge in [0.15, 0.2) is 0 Å². The van der Waals surface area contributed by atoms with E-state index in [-0.39, 0.29) is 6.04 Å². The van der Waals surface area contributed by atoms with Crippen molar-refractivity contribution in [2.75, 3.05) is 12.3 Å². The quantitative estimate of drug-likeness (QED) is 0.413.